The number of esters is 2. The third-order valence-electron chi connectivity index (χ3n) is 12.7. The molecule has 0 spiro atoms. The molecule has 0 aliphatic carbocycles. The minimum absolute atomic E-state index is 0.0679. The molecule has 18 heteroatoms. The van der Waals surface area contributed by atoms with Crippen molar-refractivity contribution in [3.8, 4) is 0 Å². The number of hydrogen-bond donors (Lipinski definition) is 4. The number of ether oxygens (including phenoxy) is 10. The summed E-state index contributed by atoms with van der Waals surface area (Å²) in [5, 5.41) is 33.9. The van der Waals surface area contributed by atoms with Gasteiger partial charge in [-0.25, -0.2) is 0 Å². The summed E-state index contributed by atoms with van der Waals surface area (Å²) in [6.45, 7) is 12.5. The fraction of sp³-hybridized carbons (Fsp3) is 0.848. The summed E-state index contributed by atoms with van der Waals surface area (Å²) in [5.41, 5.74) is 5.16. The third kappa shape index (κ3) is 15.3. The van der Waals surface area contributed by atoms with E-state index in [0.717, 1.165) is 25.5 Å². The Hall–Kier alpha value is -2.43. The minimum atomic E-state index is -1.55. The van der Waals surface area contributed by atoms with Crippen LogP contribution in [0.15, 0.2) is 24.3 Å². The van der Waals surface area contributed by atoms with Gasteiger partial charge in [0, 0.05) is 45.9 Å². The van der Waals surface area contributed by atoms with Gasteiger partial charge >= 0.3 is 11.9 Å². The Morgan fingerprint density at radius 2 is 1.73 bits per heavy atom. The van der Waals surface area contributed by atoms with E-state index in [1.165, 1.54) is 21.0 Å². The van der Waals surface area contributed by atoms with Crippen molar-refractivity contribution in [2.75, 3.05) is 27.8 Å². The maximum absolute atomic E-state index is 13.4. The number of allylic oxidation sites excluding steroid dienone is 2. The summed E-state index contributed by atoms with van der Waals surface area (Å²) in [6.07, 6.45) is -2.14. The lowest BCUT2D eigenvalue weighted by molar-refractivity contribution is -0.362. The lowest BCUT2D eigenvalue weighted by atomic mass is 9.82. The van der Waals surface area contributed by atoms with Gasteiger partial charge in [-0.15, -0.1) is 0 Å². The summed E-state index contributed by atoms with van der Waals surface area (Å²) in [7, 11) is 5.43. The van der Waals surface area contributed by atoms with Crippen LogP contribution in [0.25, 0.3) is 0 Å². The van der Waals surface area contributed by atoms with Crippen LogP contribution < -0.4 is 5.73 Å². The minimum Gasteiger partial charge on any atom is -0.462 e. The number of aliphatic hydroxyl groups excluding tert-OH is 2. The monoisotopic (exact) mass is 915 g/mol. The molecule has 4 rings (SSSR count). The van der Waals surface area contributed by atoms with E-state index in [9.17, 15) is 29.7 Å². The van der Waals surface area contributed by atoms with Crippen molar-refractivity contribution >= 4 is 18.2 Å². The van der Waals surface area contributed by atoms with Crippen molar-refractivity contribution in [3.63, 3.8) is 0 Å². The van der Waals surface area contributed by atoms with Crippen molar-refractivity contribution in [3.05, 3.63) is 24.3 Å². The second-order valence-electron chi connectivity index (χ2n) is 18.4. The molecule has 4 aliphatic heterocycles. The number of nitrogens with zero attached hydrogens (tertiary/aromatic N) is 1. The Bertz CT molecular complexity index is 1500. The van der Waals surface area contributed by atoms with E-state index in [1.54, 1.807) is 13.8 Å². The molecule has 0 bridgehead atoms. The summed E-state index contributed by atoms with van der Waals surface area (Å²) in [5.74, 6) is -2.32. The van der Waals surface area contributed by atoms with Crippen molar-refractivity contribution in [1.82, 2.24) is 4.90 Å². The Morgan fingerprint density at radius 3 is 2.36 bits per heavy atom. The van der Waals surface area contributed by atoms with Crippen LogP contribution >= 0.6 is 0 Å². The maximum Gasteiger partial charge on any atom is 0.309 e. The zero-order valence-electron chi connectivity index (χ0n) is 39.5. The van der Waals surface area contributed by atoms with Gasteiger partial charge in [0.25, 0.3) is 0 Å². The lowest BCUT2D eigenvalue weighted by Crippen LogP contribution is -2.65. The molecule has 5 N–H and O–H groups in total. The number of cyclic esters (lactones) is 1. The molecule has 3 saturated heterocycles. The van der Waals surface area contributed by atoms with E-state index in [0.29, 0.717) is 25.9 Å². The SMILES string of the molecule is CCCCO[C@H]1[C@H](O)O[C@@H](O[C@@H]2[C@@H](N)[C@H](O)[C@@H](O[C@H]3[C@@H](CC=O)C[C@@H](C)[C@H](O[C@@H]4CC[C@@H](N(C)C)[C@H](C)O4)/C=C/C=C/C[C@@H](C)OC(=O)C[C@@H](OC(C)=O)[C@@H]3OC)O[C@H]2C)C[C@@]1(C)O. The van der Waals surface area contributed by atoms with E-state index >= 15 is 0 Å². The van der Waals surface area contributed by atoms with Gasteiger partial charge in [0.2, 0.25) is 0 Å². The predicted octanol–water partition coefficient (Wildman–Crippen LogP) is 3.05. The van der Waals surface area contributed by atoms with Crippen molar-refractivity contribution in [1.29, 1.82) is 0 Å². The smallest absolute Gasteiger partial charge is 0.309 e. The molecular formula is C46H78N2O16. The number of nitrogens with two attached hydrogens (primary N) is 1. The molecule has 0 aromatic carbocycles. The number of methoxy groups -OCH3 is 1. The van der Waals surface area contributed by atoms with Crippen LogP contribution in [0.5, 0.6) is 0 Å². The summed E-state index contributed by atoms with van der Waals surface area (Å²) < 4.78 is 61.2. The number of rotatable bonds is 15. The fourth-order valence-electron chi connectivity index (χ4n) is 9.20. The van der Waals surface area contributed by atoms with E-state index in [2.05, 4.69) is 4.90 Å². The van der Waals surface area contributed by atoms with Crippen LogP contribution in [-0.2, 0) is 61.8 Å². The molecule has 0 aromatic rings. The Kier molecular flexibility index (Phi) is 21.7. The van der Waals surface area contributed by atoms with Gasteiger partial charge in [-0.05, 0) is 79.3 Å². The average Bonchev–Trinajstić information content (AvgIpc) is 3.20. The number of likely N-dealkylation sites (N-methyl/N-ethyl adjacent to an activating group) is 1. The molecule has 368 valence electrons. The zero-order chi connectivity index (χ0) is 47.3. The van der Waals surface area contributed by atoms with Gasteiger partial charge in [0.1, 0.15) is 42.9 Å². The second-order valence-corrected chi connectivity index (χ2v) is 18.4. The molecule has 4 aliphatic rings. The maximum atomic E-state index is 13.4. The molecule has 19 atom stereocenters. The molecule has 0 saturated carbocycles. The molecular weight excluding hydrogens is 837 g/mol. The van der Waals surface area contributed by atoms with Gasteiger partial charge in [-0.2, -0.15) is 0 Å². The summed E-state index contributed by atoms with van der Waals surface area (Å²) in [6, 6.07) is -0.923. The molecule has 18 nitrogen and oxygen atoms in total. The van der Waals surface area contributed by atoms with E-state index in [-0.39, 0.29) is 30.9 Å². The topological polar surface area (TPSA) is 233 Å². The van der Waals surface area contributed by atoms with Gasteiger partial charge in [-0.3, -0.25) is 9.59 Å². The third-order valence-corrected chi connectivity index (χ3v) is 12.7. The quantitative estimate of drug-likeness (QED) is 0.105. The first-order valence-electron chi connectivity index (χ1n) is 23.0. The average molecular weight is 915 g/mol. The standard InChI is InChI=1S/C46H78N2O16/c1-11-12-22-56-43-44(53)63-37(25-46(43,7)54)62-40-29(5)59-45(39(52)38(40)47)64-41-31(20-21-49)23-26(2)33(61-36-19-18-32(48(8)9)28(4)58-36)17-15-13-14-16-27(3)57-35(51)24-34(42(41)55-10)60-30(6)50/h13-15,17,21,26-29,31-34,36-45,52-54H,11-12,16,18-20,22-25,47H2,1-10H3/b14-13+,17-15+/t26-,27-,28+,29+,31+,32-,33-,34-,36-,37-,38+,39+,40+,41+,42+,43+,44-,45-,46-/m1/s1. The highest BCUT2D eigenvalue weighted by atomic mass is 16.8. The van der Waals surface area contributed by atoms with Gasteiger partial charge in [-0.1, -0.05) is 44.6 Å². The van der Waals surface area contributed by atoms with Crippen molar-refractivity contribution in [2.45, 2.75) is 210 Å². The normalized spacial score (nSPS) is 43.0. The van der Waals surface area contributed by atoms with E-state index < -0.39 is 116 Å². The van der Waals surface area contributed by atoms with E-state index in [4.69, 9.17) is 53.1 Å². The molecule has 0 unspecified atom stereocenters. The van der Waals surface area contributed by atoms with Gasteiger partial charge < -0.3 is 78.1 Å². The Balaban J connectivity index is 1.65. The Labute approximate surface area is 379 Å². The first-order chi connectivity index (χ1) is 30.3. The number of aliphatic hydroxyl groups is 3. The summed E-state index contributed by atoms with van der Waals surface area (Å²) in [4.78, 5) is 40.8. The fourth-order valence-corrected chi connectivity index (χ4v) is 9.20. The largest absolute Gasteiger partial charge is 0.462 e. The molecule has 3 fully saturated rings. The number of carbonyl (C=O) groups is 3. The Morgan fingerprint density at radius 1 is 1.00 bits per heavy atom. The van der Waals surface area contributed by atoms with Crippen LogP contribution in [0.4, 0.5) is 0 Å². The van der Waals surface area contributed by atoms with Crippen LogP contribution in [0, 0.1) is 11.8 Å². The first-order valence-corrected chi connectivity index (χ1v) is 23.0. The van der Waals surface area contributed by atoms with Gasteiger partial charge in [0.05, 0.1) is 42.5 Å². The first kappa shape index (κ1) is 54.2. The van der Waals surface area contributed by atoms with Crippen LogP contribution in [0.2, 0.25) is 0 Å². The van der Waals surface area contributed by atoms with Crippen molar-refractivity contribution in [2.24, 2.45) is 17.6 Å². The zero-order valence-corrected chi connectivity index (χ0v) is 39.5. The number of carbonyl (C=O) groups excluding carboxylic acids is 3. The second kappa shape index (κ2) is 25.6. The highest BCUT2D eigenvalue weighted by Crippen LogP contribution is 2.37. The number of hydrogen-bond acceptors (Lipinski definition) is 18. The molecule has 0 amide bonds. The number of aldehydes is 1. The number of unbranched alkanes of at least 4 members (excludes halogenated alkanes) is 1. The lowest BCUT2D eigenvalue weighted by Gasteiger charge is -2.48. The summed E-state index contributed by atoms with van der Waals surface area (Å²) >= 11 is 0. The van der Waals surface area contributed by atoms with Crippen LogP contribution in [0.3, 0.4) is 0 Å². The molecule has 4 heterocycles. The molecule has 0 radical (unpaired) electrons. The van der Waals surface area contributed by atoms with Crippen LogP contribution in [-0.4, -0.2) is 170 Å². The molecule has 0 aromatic heterocycles. The predicted molar refractivity (Wildman–Crippen MR) is 232 cm³/mol. The van der Waals surface area contributed by atoms with Gasteiger partial charge in [0.15, 0.2) is 25.2 Å². The van der Waals surface area contributed by atoms with Crippen LogP contribution in [0.1, 0.15) is 106 Å². The van der Waals surface area contributed by atoms with Crippen molar-refractivity contribution < 1.29 is 77.1 Å². The highest BCUT2D eigenvalue weighted by molar-refractivity contribution is 5.72. The molecule has 64 heavy (non-hydrogen) atoms. The van der Waals surface area contributed by atoms with E-state index in [1.807, 2.05) is 59.2 Å². The highest BCUT2D eigenvalue weighted by Gasteiger charge is 2.52.